The summed E-state index contributed by atoms with van der Waals surface area (Å²) in [4.78, 5) is 7.84. The van der Waals surface area contributed by atoms with Gasteiger partial charge >= 0.3 is 0 Å². The Morgan fingerprint density at radius 3 is 2.82 bits per heavy atom. The molecule has 138 valence electrons. The standard InChI is InChI=1S/C20H15N5OS2/c1-2-6-13(7-3-1)22-19-23-14(11-27-19)12-28-20-25-24-18(26-20)16-10-21-17-9-5-4-8-15(16)17/h1-11,21H,12H2,(H,22,23). The molecule has 0 saturated heterocycles. The number of benzene rings is 2. The second-order valence-corrected chi connectivity index (χ2v) is 7.83. The van der Waals surface area contributed by atoms with E-state index in [1.54, 1.807) is 11.3 Å². The fourth-order valence-electron chi connectivity index (χ4n) is 2.84. The number of hydrogen-bond acceptors (Lipinski definition) is 7. The Bertz CT molecular complexity index is 1210. The summed E-state index contributed by atoms with van der Waals surface area (Å²) in [5.41, 5.74) is 3.96. The van der Waals surface area contributed by atoms with Gasteiger partial charge in [0.25, 0.3) is 11.1 Å². The van der Waals surface area contributed by atoms with Crippen LogP contribution >= 0.6 is 23.1 Å². The van der Waals surface area contributed by atoms with Gasteiger partial charge in [-0.2, -0.15) is 0 Å². The molecule has 5 aromatic rings. The zero-order chi connectivity index (χ0) is 18.8. The summed E-state index contributed by atoms with van der Waals surface area (Å²) in [5, 5.41) is 16.2. The number of anilines is 2. The van der Waals surface area contributed by atoms with E-state index in [-0.39, 0.29) is 0 Å². The Kier molecular flexibility index (Phi) is 4.56. The molecular weight excluding hydrogens is 390 g/mol. The molecule has 0 unspecified atom stereocenters. The lowest BCUT2D eigenvalue weighted by Crippen LogP contribution is -1.89. The maximum absolute atomic E-state index is 5.84. The third-order valence-corrected chi connectivity index (χ3v) is 5.81. The van der Waals surface area contributed by atoms with Gasteiger partial charge in [0.1, 0.15) is 0 Å². The van der Waals surface area contributed by atoms with Gasteiger partial charge in [0.2, 0.25) is 0 Å². The van der Waals surface area contributed by atoms with Gasteiger partial charge in [-0.1, -0.05) is 48.2 Å². The second kappa shape index (κ2) is 7.49. The van der Waals surface area contributed by atoms with E-state index in [1.165, 1.54) is 11.8 Å². The number of aromatic nitrogens is 4. The van der Waals surface area contributed by atoms with Gasteiger partial charge in [-0.25, -0.2) is 4.98 Å². The van der Waals surface area contributed by atoms with Crippen molar-refractivity contribution in [2.45, 2.75) is 11.0 Å². The lowest BCUT2D eigenvalue weighted by molar-refractivity contribution is 0.466. The summed E-state index contributed by atoms with van der Waals surface area (Å²) >= 11 is 3.06. The van der Waals surface area contributed by atoms with Crippen LogP contribution in [-0.4, -0.2) is 20.2 Å². The predicted octanol–water partition coefficient (Wildman–Crippen LogP) is 5.71. The molecule has 8 heteroatoms. The Balaban J connectivity index is 1.26. The molecule has 0 aliphatic carbocycles. The van der Waals surface area contributed by atoms with Crippen LogP contribution in [0.3, 0.4) is 0 Å². The number of thiazole rings is 1. The van der Waals surface area contributed by atoms with E-state index in [0.29, 0.717) is 16.9 Å². The SMILES string of the molecule is c1ccc(Nc2nc(CSc3nnc(-c4c[nH]c5ccccc45)o3)cs2)cc1. The Morgan fingerprint density at radius 2 is 1.89 bits per heavy atom. The summed E-state index contributed by atoms with van der Waals surface area (Å²) in [7, 11) is 0. The molecule has 0 atom stereocenters. The van der Waals surface area contributed by atoms with Crippen LogP contribution in [0.15, 0.2) is 75.8 Å². The van der Waals surface area contributed by atoms with Crippen LogP contribution < -0.4 is 5.32 Å². The lowest BCUT2D eigenvalue weighted by atomic mass is 10.2. The quantitative estimate of drug-likeness (QED) is 0.352. The predicted molar refractivity (Wildman–Crippen MR) is 113 cm³/mol. The normalized spacial score (nSPS) is 11.1. The molecule has 3 heterocycles. The first-order valence-electron chi connectivity index (χ1n) is 8.64. The zero-order valence-electron chi connectivity index (χ0n) is 14.6. The molecule has 0 spiro atoms. The van der Waals surface area contributed by atoms with Gasteiger partial charge in [-0.05, 0) is 18.2 Å². The third-order valence-electron chi connectivity index (χ3n) is 4.15. The van der Waals surface area contributed by atoms with Gasteiger partial charge in [0, 0.05) is 33.9 Å². The van der Waals surface area contributed by atoms with E-state index in [9.17, 15) is 0 Å². The molecule has 0 saturated carbocycles. The molecule has 0 aliphatic rings. The highest BCUT2D eigenvalue weighted by Gasteiger charge is 2.14. The van der Waals surface area contributed by atoms with Gasteiger partial charge in [0.15, 0.2) is 5.13 Å². The number of aromatic amines is 1. The minimum absolute atomic E-state index is 0.518. The molecule has 0 radical (unpaired) electrons. The first-order chi connectivity index (χ1) is 13.8. The molecule has 0 amide bonds. The first-order valence-corrected chi connectivity index (χ1v) is 10.5. The largest absolute Gasteiger partial charge is 0.411 e. The van der Waals surface area contributed by atoms with Crippen molar-refractivity contribution in [2.24, 2.45) is 0 Å². The molecular formula is C20H15N5OS2. The fourth-order valence-corrected chi connectivity index (χ4v) is 4.33. The summed E-state index contributed by atoms with van der Waals surface area (Å²) < 4.78 is 5.84. The van der Waals surface area contributed by atoms with Crippen LogP contribution in [0.25, 0.3) is 22.4 Å². The highest BCUT2D eigenvalue weighted by Crippen LogP contribution is 2.31. The number of hydrogen-bond donors (Lipinski definition) is 2. The summed E-state index contributed by atoms with van der Waals surface area (Å²) in [6, 6.07) is 18.1. The molecule has 2 aromatic carbocycles. The smallest absolute Gasteiger partial charge is 0.277 e. The van der Waals surface area contributed by atoms with Crippen LogP contribution in [0, 0.1) is 0 Å². The number of thioether (sulfide) groups is 1. The van der Waals surface area contributed by atoms with E-state index in [0.717, 1.165) is 33.0 Å². The van der Waals surface area contributed by atoms with Crippen LogP contribution in [0.2, 0.25) is 0 Å². The highest BCUT2D eigenvalue weighted by atomic mass is 32.2. The molecule has 5 rings (SSSR count). The number of nitrogens with one attached hydrogen (secondary N) is 2. The van der Waals surface area contributed by atoms with Gasteiger partial charge in [0.05, 0.1) is 11.3 Å². The number of nitrogens with zero attached hydrogens (tertiary/aromatic N) is 3. The summed E-state index contributed by atoms with van der Waals surface area (Å²) in [5.74, 6) is 1.19. The maximum atomic E-state index is 5.84. The minimum Gasteiger partial charge on any atom is -0.411 e. The van der Waals surface area contributed by atoms with Crippen LogP contribution in [0.1, 0.15) is 5.69 Å². The lowest BCUT2D eigenvalue weighted by Gasteiger charge is -2.00. The Morgan fingerprint density at radius 1 is 1.04 bits per heavy atom. The summed E-state index contributed by atoms with van der Waals surface area (Å²) in [6.07, 6.45) is 1.90. The molecule has 3 aromatic heterocycles. The molecule has 28 heavy (non-hydrogen) atoms. The van der Waals surface area contributed by atoms with Gasteiger partial charge < -0.3 is 14.7 Å². The van der Waals surface area contributed by atoms with E-state index in [1.807, 2.05) is 66.2 Å². The molecule has 6 nitrogen and oxygen atoms in total. The fraction of sp³-hybridized carbons (Fsp3) is 0.0500. The average molecular weight is 406 g/mol. The third kappa shape index (κ3) is 3.51. The Hall–Kier alpha value is -3.10. The Labute approximate surface area is 169 Å². The van der Waals surface area contributed by atoms with Crippen molar-refractivity contribution in [3.05, 3.63) is 71.9 Å². The average Bonchev–Trinajstić information content (AvgIpc) is 3.46. The van der Waals surface area contributed by atoms with Crippen molar-refractivity contribution >= 4 is 44.8 Å². The molecule has 2 N–H and O–H groups in total. The zero-order valence-corrected chi connectivity index (χ0v) is 16.3. The van der Waals surface area contributed by atoms with E-state index in [4.69, 9.17) is 4.42 Å². The van der Waals surface area contributed by atoms with Crippen LogP contribution in [-0.2, 0) is 5.75 Å². The number of para-hydroxylation sites is 2. The molecule has 0 bridgehead atoms. The van der Waals surface area contributed by atoms with Crippen molar-refractivity contribution in [3.63, 3.8) is 0 Å². The van der Waals surface area contributed by atoms with Crippen LogP contribution in [0.4, 0.5) is 10.8 Å². The van der Waals surface area contributed by atoms with Crippen molar-refractivity contribution in [1.82, 2.24) is 20.2 Å². The first kappa shape index (κ1) is 17.0. The molecule has 0 aliphatic heterocycles. The van der Waals surface area contributed by atoms with Crippen molar-refractivity contribution in [2.75, 3.05) is 5.32 Å². The van der Waals surface area contributed by atoms with Gasteiger partial charge in [-0.3, -0.25) is 0 Å². The van der Waals surface area contributed by atoms with Crippen molar-refractivity contribution in [1.29, 1.82) is 0 Å². The van der Waals surface area contributed by atoms with Crippen molar-refractivity contribution in [3.8, 4) is 11.5 Å². The van der Waals surface area contributed by atoms with Gasteiger partial charge in [-0.15, -0.1) is 21.5 Å². The number of H-pyrrole nitrogens is 1. The van der Waals surface area contributed by atoms with E-state index in [2.05, 4.69) is 25.5 Å². The van der Waals surface area contributed by atoms with E-state index >= 15 is 0 Å². The number of fused-ring (bicyclic) bond motifs is 1. The van der Waals surface area contributed by atoms with E-state index < -0.39 is 0 Å². The highest BCUT2D eigenvalue weighted by molar-refractivity contribution is 7.98. The molecule has 0 fully saturated rings. The monoisotopic (exact) mass is 405 g/mol. The maximum Gasteiger partial charge on any atom is 0.277 e. The van der Waals surface area contributed by atoms with Crippen LogP contribution in [0.5, 0.6) is 0 Å². The topological polar surface area (TPSA) is 79.6 Å². The second-order valence-electron chi connectivity index (χ2n) is 6.04. The number of rotatable bonds is 6. The van der Waals surface area contributed by atoms with Crippen molar-refractivity contribution < 1.29 is 4.42 Å². The summed E-state index contributed by atoms with van der Waals surface area (Å²) in [6.45, 7) is 0. The minimum atomic E-state index is 0.518.